The Kier molecular flexibility index (Phi) is 2.80. The van der Waals surface area contributed by atoms with E-state index in [0.717, 1.165) is 22.2 Å². The second-order valence-corrected chi connectivity index (χ2v) is 4.51. The molecular formula is C16H14N2O. The molecule has 0 fully saturated rings. The Morgan fingerprint density at radius 3 is 2.74 bits per heavy atom. The summed E-state index contributed by atoms with van der Waals surface area (Å²) in [6, 6.07) is 15.4. The predicted molar refractivity (Wildman–Crippen MR) is 77.4 cm³/mol. The van der Waals surface area contributed by atoms with Gasteiger partial charge in [0, 0.05) is 22.7 Å². The summed E-state index contributed by atoms with van der Waals surface area (Å²) in [6.07, 6.45) is 1.87. The molecule has 3 rings (SSSR count). The SMILES string of the molecule is Cc1ccccc1C(=O)Nc1cccc2[nH]ccc12. The number of carbonyl (C=O) groups is 1. The highest BCUT2D eigenvalue weighted by Gasteiger charge is 2.10. The molecule has 0 saturated heterocycles. The lowest BCUT2D eigenvalue weighted by Crippen LogP contribution is -2.13. The van der Waals surface area contributed by atoms with Gasteiger partial charge in [-0.25, -0.2) is 0 Å². The van der Waals surface area contributed by atoms with Gasteiger partial charge in [0.2, 0.25) is 0 Å². The number of hydrogen-bond donors (Lipinski definition) is 2. The number of amides is 1. The summed E-state index contributed by atoms with van der Waals surface area (Å²) < 4.78 is 0. The third-order valence-corrected chi connectivity index (χ3v) is 3.23. The van der Waals surface area contributed by atoms with Crippen LogP contribution in [0.1, 0.15) is 15.9 Å². The minimum Gasteiger partial charge on any atom is -0.361 e. The molecule has 0 aliphatic rings. The van der Waals surface area contributed by atoms with Gasteiger partial charge in [0.1, 0.15) is 0 Å². The van der Waals surface area contributed by atoms with Crippen LogP contribution in [-0.4, -0.2) is 10.9 Å². The molecule has 0 radical (unpaired) electrons. The first kappa shape index (κ1) is 11.5. The van der Waals surface area contributed by atoms with E-state index in [1.165, 1.54) is 0 Å². The van der Waals surface area contributed by atoms with E-state index in [0.29, 0.717) is 5.56 Å². The zero-order valence-electron chi connectivity index (χ0n) is 10.6. The molecule has 1 heterocycles. The fourth-order valence-corrected chi connectivity index (χ4v) is 2.21. The van der Waals surface area contributed by atoms with E-state index in [9.17, 15) is 4.79 Å². The highest BCUT2D eigenvalue weighted by atomic mass is 16.1. The zero-order valence-corrected chi connectivity index (χ0v) is 10.6. The summed E-state index contributed by atoms with van der Waals surface area (Å²) in [4.78, 5) is 15.4. The van der Waals surface area contributed by atoms with Crippen LogP contribution >= 0.6 is 0 Å². The van der Waals surface area contributed by atoms with Gasteiger partial charge in [-0.2, -0.15) is 0 Å². The monoisotopic (exact) mass is 250 g/mol. The molecule has 0 atom stereocenters. The van der Waals surface area contributed by atoms with E-state index in [1.807, 2.05) is 61.7 Å². The lowest BCUT2D eigenvalue weighted by Gasteiger charge is -2.08. The Morgan fingerprint density at radius 2 is 1.89 bits per heavy atom. The molecule has 19 heavy (non-hydrogen) atoms. The van der Waals surface area contributed by atoms with Crippen molar-refractivity contribution in [3.63, 3.8) is 0 Å². The van der Waals surface area contributed by atoms with Crippen molar-refractivity contribution < 1.29 is 4.79 Å². The van der Waals surface area contributed by atoms with E-state index in [2.05, 4.69) is 10.3 Å². The van der Waals surface area contributed by atoms with Crippen molar-refractivity contribution in [1.29, 1.82) is 0 Å². The third kappa shape index (κ3) is 2.10. The highest BCUT2D eigenvalue weighted by molar-refractivity contribution is 6.09. The summed E-state index contributed by atoms with van der Waals surface area (Å²) in [5, 5.41) is 3.99. The van der Waals surface area contributed by atoms with Gasteiger partial charge in [-0.1, -0.05) is 24.3 Å². The lowest BCUT2D eigenvalue weighted by atomic mass is 10.1. The largest absolute Gasteiger partial charge is 0.361 e. The number of rotatable bonds is 2. The standard InChI is InChI=1S/C16H14N2O/c1-11-5-2-3-6-12(11)16(19)18-15-8-4-7-14-13(15)9-10-17-14/h2-10,17H,1H3,(H,18,19). The van der Waals surface area contributed by atoms with E-state index in [1.54, 1.807) is 0 Å². The molecule has 0 unspecified atom stereocenters. The molecule has 3 nitrogen and oxygen atoms in total. The number of aromatic amines is 1. The molecule has 2 N–H and O–H groups in total. The summed E-state index contributed by atoms with van der Waals surface area (Å²) in [5.74, 6) is -0.0770. The van der Waals surface area contributed by atoms with Crippen molar-refractivity contribution in [3.05, 3.63) is 65.9 Å². The molecule has 2 aromatic carbocycles. The van der Waals surface area contributed by atoms with Gasteiger partial charge in [-0.15, -0.1) is 0 Å². The fraction of sp³-hybridized carbons (Fsp3) is 0.0625. The average molecular weight is 250 g/mol. The zero-order chi connectivity index (χ0) is 13.2. The number of fused-ring (bicyclic) bond motifs is 1. The summed E-state index contributed by atoms with van der Waals surface area (Å²) >= 11 is 0. The Balaban J connectivity index is 1.95. The van der Waals surface area contributed by atoms with Crippen molar-refractivity contribution in [2.45, 2.75) is 6.92 Å². The first-order valence-corrected chi connectivity index (χ1v) is 6.19. The van der Waals surface area contributed by atoms with Crippen LogP contribution in [0.4, 0.5) is 5.69 Å². The van der Waals surface area contributed by atoms with Gasteiger partial charge < -0.3 is 10.3 Å². The molecule has 1 aromatic heterocycles. The van der Waals surface area contributed by atoms with E-state index in [4.69, 9.17) is 0 Å². The highest BCUT2D eigenvalue weighted by Crippen LogP contribution is 2.23. The molecular weight excluding hydrogens is 236 g/mol. The summed E-state index contributed by atoms with van der Waals surface area (Å²) in [7, 11) is 0. The van der Waals surface area contributed by atoms with Gasteiger partial charge in [0.05, 0.1) is 5.69 Å². The third-order valence-electron chi connectivity index (χ3n) is 3.23. The second kappa shape index (κ2) is 4.61. The number of benzene rings is 2. The number of H-pyrrole nitrogens is 1. The average Bonchev–Trinajstić information content (AvgIpc) is 2.88. The van der Waals surface area contributed by atoms with Crippen molar-refractivity contribution in [2.24, 2.45) is 0 Å². The molecule has 3 heteroatoms. The number of nitrogens with one attached hydrogen (secondary N) is 2. The first-order valence-electron chi connectivity index (χ1n) is 6.19. The van der Waals surface area contributed by atoms with Crippen LogP contribution < -0.4 is 5.32 Å². The predicted octanol–water partition coefficient (Wildman–Crippen LogP) is 3.73. The molecule has 0 bridgehead atoms. The van der Waals surface area contributed by atoms with Gasteiger partial charge >= 0.3 is 0 Å². The van der Waals surface area contributed by atoms with Crippen molar-refractivity contribution in [3.8, 4) is 0 Å². The number of anilines is 1. The van der Waals surface area contributed by atoms with Crippen molar-refractivity contribution in [2.75, 3.05) is 5.32 Å². The smallest absolute Gasteiger partial charge is 0.255 e. The quantitative estimate of drug-likeness (QED) is 0.715. The van der Waals surface area contributed by atoms with Crippen molar-refractivity contribution >= 4 is 22.5 Å². The topological polar surface area (TPSA) is 44.9 Å². The lowest BCUT2D eigenvalue weighted by molar-refractivity contribution is 0.102. The van der Waals surface area contributed by atoms with Crippen LogP contribution in [0.15, 0.2) is 54.7 Å². The molecule has 0 aliphatic carbocycles. The molecule has 0 spiro atoms. The molecule has 94 valence electrons. The molecule has 3 aromatic rings. The molecule has 0 saturated carbocycles. The van der Waals surface area contributed by atoms with Gasteiger partial charge in [0.15, 0.2) is 0 Å². The van der Waals surface area contributed by atoms with Gasteiger partial charge in [-0.05, 0) is 36.8 Å². The van der Waals surface area contributed by atoms with Crippen LogP contribution in [0, 0.1) is 6.92 Å². The number of hydrogen-bond acceptors (Lipinski definition) is 1. The minimum atomic E-state index is -0.0770. The Hall–Kier alpha value is -2.55. The number of carbonyl (C=O) groups excluding carboxylic acids is 1. The maximum absolute atomic E-state index is 12.3. The summed E-state index contributed by atoms with van der Waals surface area (Å²) in [5.41, 5.74) is 3.52. The maximum atomic E-state index is 12.3. The maximum Gasteiger partial charge on any atom is 0.255 e. The van der Waals surface area contributed by atoms with Crippen molar-refractivity contribution in [1.82, 2.24) is 4.98 Å². The fourth-order valence-electron chi connectivity index (χ4n) is 2.21. The van der Waals surface area contributed by atoms with E-state index in [-0.39, 0.29) is 5.91 Å². The van der Waals surface area contributed by atoms with Gasteiger partial charge in [-0.3, -0.25) is 4.79 Å². The molecule has 0 aliphatic heterocycles. The Bertz CT molecular complexity index is 743. The van der Waals surface area contributed by atoms with Gasteiger partial charge in [0.25, 0.3) is 5.91 Å². The number of aryl methyl sites for hydroxylation is 1. The van der Waals surface area contributed by atoms with Crippen LogP contribution in [0.5, 0.6) is 0 Å². The first-order chi connectivity index (χ1) is 9.25. The Labute approximate surface area is 111 Å². The number of aromatic nitrogens is 1. The summed E-state index contributed by atoms with van der Waals surface area (Å²) in [6.45, 7) is 1.94. The minimum absolute atomic E-state index is 0.0770. The molecule has 1 amide bonds. The Morgan fingerprint density at radius 1 is 1.05 bits per heavy atom. The van der Waals surface area contributed by atoms with E-state index >= 15 is 0 Å². The van der Waals surface area contributed by atoms with Crippen LogP contribution in [0.25, 0.3) is 10.9 Å². The van der Waals surface area contributed by atoms with Crippen LogP contribution in [-0.2, 0) is 0 Å². The second-order valence-electron chi connectivity index (χ2n) is 4.51. The normalized spacial score (nSPS) is 10.6. The van der Waals surface area contributed by atoms with Crippen LogP contribution in [0.3, 0.4) is 0 Å². The van der Waals surface area contributed by atoms with E-state index < -0.39 is 0 Å². The van der Waals surface area contributed by atoms with Crippen LogP contribution in [0.2, 0.25) is 0 Å².